The van der Waals surface area contributed by atoms with E-state index in [1.165, 1.54) is 25.3 Å². The number of nitrogens with one attached hydrogen (secondary N) is 1. The summed E-state index contributed by atoms with van der Waals surface area (Å²) in [4.78, 5) is 11.8. The van der Waals surface area contributed by atoms with Gasteiger partial charge in [0, 0.05) is 5.56 Å². The first-order chi connectivity index (χ1) is 9.93. The van der Waals surface area contributed by atoms with Crippen LogP contribution in [0.2, 0.25) is 0 Å². The quantitative estimate of drug-likeness (QED) is 0.712. The molecular weight excluding hydrogens is 318 g/mol. The second-order valence-electron chi connectivity index (χ2n) is 4.21. The molecule has 0 spiro atoms. The highest BCUT2D eigenvalue weighted by molar-refractivity contribution is 5.94. The van der Waals surface area contributed by atoms with Gasteiger partial charge in [0.25, 0.3) is 11.8 Å². The zero-order valence-electron chi connectivity index (χ0n) is 12.1. The van der Waals surface area contributed by atoms with E-state index >= 15 is 0 Å². The van der Waals surface area contributed by atoms with Gasteiger partial charge >= 0.3 is 0 Å². The van der Waals surface area contributed by atoms with Crippen molar-refractivity contribution in [2.45, 2.75) is 5.92 Å². The van der Waals surface area contributed by atoms with Gasteiger partial charge in [-0.15, -0.1) is 12.4 Å². The number of carbonyl (C=O) groups excluding carboxylic acids is 1. The molecule has 0 aliphatic heterocycles. The Kier molecular flexibility index (Phi) is 8.44. The molecule has 22 heavy (non-hydrogen) atoms. The molecule has 0 heterocycles. The van der Waals surface area contributed by atoms with Gasteiger partial charge in [0.1, 0.15) is 6.61 Å². The molecule has 1 amide bonds. The lowest BCUT2D eigenvalue weighted by molar-refractivity contribution is 0.0118. The van der Waals surface area contributed by atoms with Crippen molar-refractivity contribution in [3.63, 3.8) is 0 Å². The van der Waals surface area contributed by atoms with E-state index in [-0.39, 0.29) is 24.6 Å². The SMILES string of the molecule is C=CCOc1ccc(C(=O)NCC(F)(F)CN)cc1OC.Cl. The molecule has 8 heteroatoms. The lowest BCUT2D eigenvalue weighted by Gasteiger charge is -2.15. The summed E-state index contributed by atoms with van der Waals surface area (Å²) in [5.74, 6) is -3.01. The zero-order chi connectivity index (χ0) is 15.9. The molecule has 1 aromatic rings. The third-order valence-electron chi connectivity index (χ3n) is 2.59. The molecular formula is C14H19ClF2N2O3. The average molecular weight is 337 g/mol. The molecule has 0 aliphatic rings. The molecule has 124 valence electrons. The predicted octanol–water partition coefficient (Wildman–Crippen LogP) is 2.01. The van der Waals surface area contributed by atoms with Crippen molar-refractivity contribution in [1.82, 2.24) is 5.32 Å². The largest absolute Gasteiger partial charge is 0.493 e. The fourth-order valence-corrected chi connectivity index (χ4v) is 1.46. The molecule has 5 nitrogen and oxygen atoms in total. The molecule has 0 aliphatic carbocycles. The Morgan fingerprint density at radius 2 is 2.14 bits per heavy atom. The highest BCUT2D eigenvalue weighted by atomic mass is 35.5. The molecule has 3 N–H and O–H groups in total. The van der Waals surface area contributed by atoms with Gasteiger partial charge < -0.3 is 20.5 Å². The van der Waals surface area contributed by atoms with E-state index in [0.717, 1.165) is 0 Å². The van der Waals surface area contributed by atoms with E-state index in [1.807, 2.05) is 0 Å². The van der Waals surface area contributed by atoms with Crippen LogP contribution in [0.25, 0.3) is 0 Å². The van der Waals surface area contributed by atoms with Gasteiger partial charge in [0.15, 0.2) is 11.5 Å². The summed E-state index contributed by atoms with van der Waals surface area (Å²) >= 11 is 0. The van der Waals surface area contributed by atoms with Gasteiger partial charge in [-0.05, 0) is 18.2 Å². The van der Waals surface area contributed by atoms with Crippen LogP contribution in [0, 0.1) is 0 Å². The van der Waals surface area contributed by atoms with Crippen molar-refractivity contribution in [2.75, 3.05) is 26.8 Å². The fourth-order valence-electron chi connectivity index (χ4n) is 1.46. The number of alkyl halides is 2. The zero-order valence-corrected chi connectivity index (χ0v) is 12.9. The Labute approximate surface area is 133 Å². The Balaban J connectivity index is 0.00000441. The molecule has 1 rings (SSSR count). The number of carbonyl (C=O) groups is 1. The number of amides is 1. The average Bonchev–Trinajstić information content (AvgIpc) is 2.50. The first-order valence-electron chi connectivity index (χ1n) is 6.21. The van der Waals surface area contributed by atoms with Crippen molar-refractivity contribution >= 4 is 18.3 Å². The maximum absolute atomic E-state index is 13.0. The van der Waals surface area contributed by atoms with Crippen molar-refractivity contribution in [2.24, 2.45) is 5.73 Å². The third kappa shape index (κ3) is 5.87. The van der Waals surface area contributed by atoms with E-state index in [9.17, 15) is 13.6 Å². The summed E-state index contributed by atoms with van der Waals surface area (Å²) in [6, 6.07) is 4.39. The van der Waals surface area contributed by atoms with Gasteiger partial charge in [0.2, 0.25) is 0 Å². The van der Waals surface area contributed by atoms with Crippen molar-refractivity contribution in [1.29, 1.82) is 0 Å². The number of nitrogens with two attached hydrogens (primary N) is 1. The minimum Gasteiger partial charge on any atom is -0.493 e. The summed E-state index contributed by atoms with van der Waals surface area (Å²) in [6.07, 6.45) is 1.56. The molecule has 0 aromatic heterocycles. The summed E-state index contributed by atoms with van der Waals surface area (Å²) in [5, 5.41) is 2.12. The molecule has 0 saturated carbocycles. The minimum atomic E-state index is -3.13. The van der Waals surface area contributed by atoms with Gasteiger partial charge in [-0.25, -0.2) is 8.78 Å². The Morgan fingerprint density at radius 3 is 2.68 bits per heavy atom. The first kappa shape index (κ1) is 20.1. The van der Waals surface area contributed by atoms with E-state index in [2.05, 4.69) is 11.9 Å². The van der Waals surface area contributed by atoms with Gasteiger partial charge in [-0.3, -0.25) is 4.79 Å². The summed E-state index contributed by atoms with van der Waals surface area (Å²) in [7, 11) is 1.42. The van der Waals surface area contributed by atoms with Crippen LogP contribution in [0.1, 0.15) is 10.4 Å². The maximum atomic E-state index is 13.0. The summed E-state index contributed by atoms with van der Waals surface area (Å²) in [5.41, 5.74) is 5.08. The standard InChI is InChI=1S/C14H18F2N2O3.ClH/c1-3-6-21-11-5-4-10(7-12(11)20-2)13(19)18-9-14(15,16)8-17;/h3-5,7H,1,6,8-9,17H2,2H3,(H,18,19);1H. The van der Waals surface area contributed by atoms with Crippen LogP contribution >= 0.6 is 12.4 Å². The van der Waals surface area contributed by atoms with E-state index in [4.69, 9.17) is 15.2 Å². The second-order valence-corrected chi connectivity index (χ2v) is 4.21. The molecule has 0 atom stereocenters. The number of ether oxygens (including phenoxy) is 2. The topological polar surface area (TPSA) is 73.6 Å². The van der Waals surface area contributed by atoms with Gasteiger partial charge in [-0.2, -0.15) is 0 Å². The number of methoxy groups -OCH3 is 1. The molecule has 0 radical (unpaired) electrons. The van der Waals surface area contributed by atoms with Crippen molar-refractivity contribution in [3.8, 4) is 11.5 Å². The molecule has 0 fully saturated rings. The third-order valence-corrected chi connectivity index (χ3v) is 2.59. The number of halogens is 3. The second kappa shape index (κ2) is 9.22. The van der Waals surface area contributed by atoms with Crippen LogP contribution in [0.5, 0.6) is 11.5 Å². The van der Waals surface area contributed by atoms with Crippen molar-refractivity contribution < 1.29 is 23.0 Å². The van der Waals surface area contributed by atoms with Gasteiger partial charge in [0.05, 0.1) is 20.2 Å². The first-order valence-corrected chi connectivity index (χ1v) is 6.21. The maximum Gasteiger partial charge on any atom is 0.277 e. The van der Waals surface area contributed by atoms with Crippen LogP contribution in [0.4, 0.5) is 8.78 Å². The lowest BCUT2D eigenvalue weighted by Crippen LogP contribution is -2.41. The molecule has 0 bridgehead atoms. The highest BCUT2D eigenvalue weighted by Gasteiger charge is 2.27. The van der Waals surface area contributed by atoms with Crippen LogP contribution in [0.3, 0.4) is 0 Å². The fraction of sp³-hybridized carbons (Fsp3) is 0.357. The van der Waals surface area contributed by atoms with E-state index in [0.29, 0.717) is 11.5 Å². The number of benzene rings is 1. The Hall–Kier alpha value is -1.86. The van der Waals surface area contributed by atoms with E-state index < -0.39 is 24.9 Å². The molecule has 1 aromatic carbocycles. The van der Waals surface area contributed by atoms with Crippen LogP contribution in [0.15, 0.2) is 30.9 Å². The van der Waals surface area contributed by atoms with Crippen LogP contribution in [-0.4, -0.2) is 38.6 Å². The monoisotopic (exact) mass is 336 g/mol. The number of hydrogen-bond acceptors (Lipinski definition) is 4. The van der Waals surface area contributed by atoms with Gasteiger partial charge in [-0.1, -0.05) is 12.7 Å². The smallest absolute Gasteiger partial charge is 0.277 e. The van der Waals surface area contributed by atoms with Crippen molar-refractivity contribution in [3.05, 3.63) is 36.4 Å². The Morgan fingerprint density at radius 1 is 1.45 bits per heavy atom. The normalized spacial score (nSPS) is 10.4. The number of rotatable bonds is 8. The molecule has 0 saturated heterocycles. The highest BCUT2D eigenvalue weighted by Crippen LogP contribution is 2.28. The van der Waals surface area contributed by atoms with E-state index in [1.54, 1.807) is 6.08 Å². The molecule has 0 unspecified atom stereocenters. The van der Waals surface area contributed by atoms with Crippen LogP contribution in [-0.2, 0) is 0 Å². The predicted molar refractivity (Wildman–Crippen MR) is 82.3 cm³/mol. The Bertz CT molecular complexity index is 513. The summed E-state index contributed by atoms with van der Waals surface area (Å²) in [6.45, 7) is 2.16. The number of hydrogen-bond donors (Lipinski definition) is 2. The lowest BCUT2D eigenvalue weighted by atomic mass is 10.2. The van der Waals surface area contributed by atoms with Crippen LogP contribution < -0.4 is 20.5 Å². The summed E-state index contributed by atoms with van der Waals surface area (Å²) < 4.78 is 36.4. The minimum absolute atomic E-state index is 0.